The van der Waals surface area contributed by atoms with Crippen LogP contribution in [0.15, 0.2) is 18.2 Å². The highest BCUT2D eigenvalue weighted by Crippen LogP contribution is 2.10. The summed E-state index contributed by atoms with van der Waals surface area (Å²) in [6.07, 6.45) is 2.06. The van der Waals surface area contributed by atoms with Crippen LogP contribution in [-0.4, -0.2) is 0 Å². The largest absolute Gasteiger partial charge is 0.206 e. The number of hydrogen-bond donors (Lipinski definition) is 0. The van der Waals surface area contributed by atoms with Crippen molar-refractivity contribution in [1.82, 2.24) is 0 Å². The minimum atomic E-state index is -0.228. The Balaban J connectivity index is 3.01. The molecule has 0 amide bonds. The molecule has 0 bridgehead atoms. The normalized spacial score (nSPS) is 9.15. The molecule has 0 radical (unpaired) electrons. The predicted molar refractivity (Wildman–Crippen MR) is 52.9 cm³/mol. The summed E-state index contributed by atoms with van der Waals surface area (Å²) in [5, 5.41) is 0. The highest BCUT2D eigenvalue weighted by molar-refractivity contribution is 5.38. The van der Waals surface area contributed by atoms with Crippen molar-refractivity contribution in [1.29, 1.82) is 0 Å². The van der Waals surface area contributed by atoms with Gasteiger partial charge in [0.25, 0.3) is 0 Å². The molecule has 0 atom stereocenters. The van der Waals surface area contributed by atoms with E-state index in [0.717, 1.165) is 18.4 Å². The third kappa shape index (κ3) is 2.59. The zero-order valence-electron chi connectivity index (χ0n) is 8.02. The Kier molecular flexibility index (Phi) is 3.52. The van der Waals surface area contributed by atoms with E-state index < -0.39 is 0 Å². The van der Waals surface area contributed by atoms with E-state index in [1.165, 1.54) is 6.07 Å². The molecule has 0 fully saturated rings. The van der Waals surface area contributed by atoms with E-state index in [9.17, 15) is 4.39 Å². The lowest BCUT2D eigenvalue weighted by Crippen LogP contribution is -1.88. The molecule has 1 heteroatoms. The maximum atomic E-state index is 13.1. The summed E-state index contributed by atoms with van der Waals surface area (Å²) in [7, 11) is 0. The Bertz CT molecular complexity index is 342. The first kappa shape index (κ1) is 9.80. The molecule has 1 aromatic carbocycles. The predicted octanol–water partition coefficient (Wildman–Crippen LogP) is 3.15. The number of benzene rings is 1. The van der Waals surface area contributed by atoms with Gasteiger partial charge in [0.1, 0.15) is 5.82 Å². The van der Waals surface area contributed by atoms with E-state index in [1.807, 2.05) is 12.1 Å². The summed E-state index contributed by atoms with van der Waals surface area (Å²) in [5.41, 5.74) is 1.66. The van der Waals surface area contributed by atoms with Crippen LogP contribution in [0.5, 0.6) is 0 Å². The summed E-state index contributed by atoms with van der Waals surface area (Å²) >= 11 is 0. The first-order chi connectivity index (χ1) is 6.27. The lowest BCUT2D eigenvalue weighted by atomic mass is 10.1. The van der Waals surface area contributed by atoms with Gasteiger partial charge < -0.3 is 0 Å². The van der Waals surface area contributed by atoms with Crippen molar-refractivity contribution in [2.24, 2.45) is 0 Å². The van der Waals surface area contributed by atoms with Gasteiger partial charge in [-0.15, -0.1) is 5.92 Å². The molecule has 0 N–H and O–H groups in total. The van der Waals surface area contributed by atoms with Gasteiger partial charge in [-0.2, -0.15) is 0 Å². The highest BCUT2D eigenvalue weighted by atomic mass is 19.1. The van der Waals surface area contributed by atoms with Crippen molar-refractivity contribution in [2.75, 3.05) is 0 Å². The van der Waals surface area contributed by atoms with Crippen LogP contribution in [0.3, 0.4) is 0 Å². The zero-order chi connectivity index (χ0) is 9.68. The minimum absolute atomic E-state index is 0.228. The van der Waals surface area contributed by atoms with Crippen LogP contribution in [0.2, 0.25) is 0 Å². The molecular weight excluding hydrogens is 163 g/mol. The Morgan fingerprint density at radius 2 is 2.15 bits per heavy atom. The second-order valence-corrected chi connectivity index (χ2v) is 2.94. The van der Waals surface area contributed by atoms with E-state index in [0.29, 0.717) is 5.56 Å². The molecule has 0 unspecified atom stereocenters. The van der Waals surface area contributed by atoms with Crippen LogP contribution in [0.1, 0.15) is 31.4 Å². The van der Waals surface area contributed by atoms with Crippen LogP contribution in [0.25, 0.3) is 0 Å². The van der Waals surface area contributed by atoms with E-state index in [1.54, 1.807) is 6.92 Å². The quantitative estimate of drug-likeness (QED) is 0.607. The molecule has 0 saturated carbocycles. The van der Waals surface area contributed by atoms with Gasteiger partial charge in [0.15, 0.2) is 0 Å². The first-order valence-electron chi connectivity index (χ1n) is 4.49. The van der Waals surface area contributed by atoms with Gasteiger partial charge in [-0.1, -0.05) is 25.3 Å². The van der Waals surface area contributed by atoms with Gasteiger partial charge in [0.05, 0.1) is 5.56 Å². The van der Waals surface area contributed by atoms with Crippen molar-refractivity contribution < 1.29 is 4.39 Å². The van der Waals surface area contributed by atoms with E-state index in [-0.39, 0.29) is 5.82 Å². The van der Waals surface area contributed by atoms with Crippen molar-refractivity contribution >= 4 is 0 Å². The van der Waals surface area contributed by atoms with Gasteiger partial charge in [0, 0.05) is 0 Å². The fraction of sp³-hybridized carbons (Fsp3) is 0.333. The average Bonchev–Trinajstić information content (AvgIpc) is 2.12. The fourth-order valence-corrected chi connectivity index (χ4v) is 1.25. The van der Waals surface area contributed by atoms with Crippen LogP contribution in [0, 0.1) is 17.7 Å². The van der Waals surface area contributed by atoms with Crippen LogP contribution in [0.4, 0.5) is 4.39 Å². The number of rotatable bonds is 2. The third-order valence-electron chi connectivity index (χ3n) is 1.83. The maximum absolute atomic E-state index is 13.1. The summed E-state index contributed by atoms with van der Waals surface area (Å²) in [5.74, 6) is 5.23. The molecule has 1 aromatic rings. The summed E-state index contributed by atoms with van der Waals surface area (Å²) in [6, 6.07) is 5.14. The standard InChI is InChI=1S/C12H13F/c1-3-5-10-7-8-12(13)11(9-10)6-4-2/h7-9H,3,5H2,1-2H3. The van der Waals surface area contributed by atoms with E-state index in [2.05, 4.69) is 18.8 Å². The Morgan fingerprint density at radius 3 is 2.77 bits per heavy atom. The summed E-state index contributed by atoms with van der Waals surface area (Å²) in [4.78, 5) is 0. The zero-order valence-corrected chi connectivity index (χ0v) is 8.02. The van der Waals surface area contributed by atoms with E-state index in [4.69, 9.17) is 0 Å². The number of hydrogen-bond acceptors (Lipinski definition) is 0. The van der Waals surface area contributed by atoms with Crippen molar-refractivity contribution in [3.63, 3.8) is 0 Å². The molecule has 0 aliphatic carbocycles. The lowest BCUT2D eigenvalue weighted by molar-refractivity contribution is 0.623. The van der Waals surface area contributed by atoms with Gasteiger partial charge in [-0.25, -0.2) is 4.39 Å². The summed E-state index contributed by atoms with van der Waals surface area (Å²) in [6.45, 7) is 3.82. The van der Waals surface area contributed by atoms with Gasteiger partial charge in [0.2, 0.25) is 0 Å². The summed E-state index contributed by atoms with van der Waals surface area (Å²) < 4.78 is 13.1. The molecule has 0 aliphatic heterocycles. The monoisotopic (exact) mass is 176 g/mol. The first-order valence-corrected chi connectivity index (χ1v) is 4.49. The molecule has 68 valence electrons. The van der Waals surface area contributed by atoms with Crippen LogP contribution >= 0.6 is 0 Å². The minimum Gasteiger partial charge on any atom is -0.206 e. The topological polar surface area (TPSA) is 0 Å². The molecule has 0 aliphatic rings. The van der Waals surface area contributed by atoms with Crippen molar-refractivity contribution in [2.45, 2.75) is 26.7 Å². The third-order valence-corrected chi connectivity index (χ3v) is 1.83. The molecule has 1 rings (SSSR count). The van der Waals surface area contributed by atoms with Gasteiger partial charge in [-0.05, 0) is 31.0 Å². The molecule has 13 heavy (non-hydrogen) atoms. The van der Waals surface area contributed by atoms with Crippen LogP contribution in [-0.2, 0) is 6.42 Å². The number of aryl methyl sites for hydroxylation is 1. The average molecular weight is 176 g/mol. The molecule has 0 saturated heterocycles. The molecule has 0 aromatic heterocycles. The van der Waals surface area contributed by atoms with Crippen molar-refractivity contribution in [3.8, 4) is 11.8 Å². The van der Waals surface area contributed by atoms with E-state index >= 15 is 0 Å². The highest BCUT2D eigenvalue weighted by Gasteiger charge is 1.99. The number of halogens is 1. The Hall–Kier alpha value is -1.29. The second-order valence-electron chi connectivity index (χ2n) is 2.94. The molecule has 0 nitrogen and oxygen atoms in total. The lowest BCUT2D eigenvalue weighted by Gasteiger charge is -2.00. The maximum Gasteiger partial charge on any atom is 0.138 e. The molecule has 0 spiro atoms. The fourth-order valence-electron chi connectivity index (χ4n) is 1.25. The molecule has 0 heterocycles. The van der Waals surface area contributed by atoms with Crippen molar-refractivity contribution in [3.05, 3.63) is 35.1 Å². The van der Waals surface area contributed by atoms with Gasteiger partial charge in [-0.3, -0.25) is 0 Å². The second kappa shape index (κ2) is 4.67. The Labute approximate surface area is 78.8 Å². The SMILES string of the molecule is CC#Cc1cc(CCC)ccc1F. The smallest absolute Gasteiger partial charge is 0.138 e. The molecular formula is C12H13F. The van der Waals surface area contributed by atoms with Crippen LogP contribution < -0.4 is 0 Å². The Morgan fingerprint density at radius 1 is 1.38 bits per heavy atom. The van der Waals surface area contributed by atoms with Gasteiger partial charge >= 0.3 is 0 Å².